The molecule has 0 amide bonds. The van der Waals surface area contributed by atoms with Crippen molar-refractivity contribution in [3.05, 3.63) is 46.8 Å². The molecule has 0 aromatic heterocycles. The lowest BCUT2D eigenvalue weighted by atomic mass is 9.96. The van der Waals surface area contributed by atoms with Gasteiger partial charge in [-0.25, -0.2) is 0 Å². The third kappa shape index (κ3) is 2.78. The number of hydrogen-bond donors (Lipinski definition) is 0. The number of carbonyl (C=O) groups is 2. The van der Waals surface area contributed by atoms with Crippen molar-refractivity contribution in [1.82, 2.24) is 4.90 Å². The summed E-state index contributed by atoms with van der Waals surface area (Å²) in [6.45, 7) is 4.01. The number of methoxy groups -OCH3 is 1. The van der Waals surface area contributed by atoms with E-state index < -0.39 is 6.04 Å². The predicted octanol–water partition coefficient (Wildman–Crippen LogP) is 2.97. The molecule has 4 nitrogen and oxygen atoms in total. The molecule has 0 bridgehead atoms. The van der Waals surface area contributed by atoms with Gasteiger partial charge in [0.2, 0.25) is 5.78 Å². The summed E-state index contributed by atoms with van der Waals surface area (Å²) in [5.41, 5.74) is 2.61. The van der Waals surface area contributed by atoms with Gasteiger partial charge in [0.15, 0.2) is 11.5 Å². The molecule has 0 saturated heterocycles. The van der Waals surface area contributed by atoms with Gasteiger partial charge in [0.25, 0.3) is 0 Å². The lowest BCUT2D eigenvalue weighted by molar-refractivity contribution is -0.120. The van der Waals surface area contributed by atoms with Crippen LogP contribution in [-0.2, 0) is 16.0 Å². The van der Waals surface area contributed by atoms with E-state index in [1.54, 1.807) is 0 Å². The molecule has 0 fully saturated rings. The lowest BCUT2D eigenvalue weighted by Crippen LogP contribution is -2.33. The van der Waals surface area contributed by atoms with Crippen molar-refractivity contribution >= 4 is 11.6 Å². The van der Waals surface area contributed by atoms with Gasteiger partial charge in [-0.05, 0) is 18.4 Å². The van der Waals surface area contributed by atoms with E-state index in [0.717, 1.165) is 23.2 Å². The summed E-state index contributed by atoms with van der Waals surface area (Å²) in [7, 11) is 3.36. The molecule has 22 heavy (non-hydrogen) atoms. The average Bonchev–Trinajstić information content (AvgIpc) is 2.77. The van der Waals surface area contributed by atoms with Crippen LogP contribution < -0.4 is 0 Å². The van der Waals surface area contributed by atoms with Crippen molar-refractivity contribution in [2.24, 2.45) is 0 Å². The molecule has 1 atom stereocenters. The Morgan fingerprint density at radius 2 is 1.91 bits per heavy atom. The quantitative estimate of drug-likeness (QED) is 0.758. The van der Waals surface area contributed by atoms with Crippen molar-refractivity contribution in [3.8, 4) is 0 Å². The summed E-state index contributed by atoms with van der Waals surface area (Å²) in [4.78, 5) is 27.0. The third-order valence-electron chi connectivity index (χ3n) is 4.30. The molecule has 0 spiro atoms. The third-order valence-corrected chi connectivity index (χ3v) is 4.30. The molecule has 1 heterocycles. The van der Waals surface area contributed by atoms with Crippen LogP contribution in [0.5, 0.6) is 0 Å². The Kier molecular flexibility index (Phi) is 5.01. The standard InChI is InChI=1S/C18H23NO3/c1-5-12-9-7-8-10-13(12)16(20)11-15-17(21)18(22-4)14(6-2)19(15)3/h7-10,15H,5-6,11H2,1-4H3. The van der Waals surface area contributed by atoms with E-state index in [1.165, 1.54) is 7.11 Å². The van der Waals surface area contributed by atoms with Crippen LogP contribution in [0, 0.1) is 0 Å². The van der Waals surface area contributed by atoms with Crippen LogP contribution in [0.3, 0.4) is 0 Å². The number of rotatable bonds is 6. The van der Waals surface area contributed by atoms with E-state index in [1.807, 2.05) is 50.1 Å². The van der Waals surface area contributed by atoms with Gasteiger partial charge in [0.1, 0.15) is 6.04 Å². The van der Waals surface area contributed by atoms with Gasteiger partial charge in [-0.2, -0.15) is 0 Å². The summed E-state index contributed by atoms with van der Waals surface area (Å²) in [6.07, 6.45) is 1.70. The van der Waals surface area contributed by atoms with Crippen molar-refractivity contribution in [3.63, 3.8) is 0 Å². The Bertz CT molecular complexity index is 619. The SMILES string of the molecule is CCC1=C(OC)C(=O)C(CC(=O)c2ccccc2CC)N1C. The molecule has 1 aliphatic rings. The second kappa shape index (κ2) is 6.77. The highest BCUT2D eigenvalue weighted by atomic mass is 16.5. The summed E-state index contributed by atoms with van der Waals surface area (Å²) < 4.78 is 5.24. The monoisotopic (exact) mass is 301 g/mol. The maximum absolute atomic E-state index is 12.6. The Morgan fingerprint density at radius 1 is 1.23 bits per heavy atom. The van der Waals surface area contributed by atoms with Gasteiger partial charge in [-0.3, -0.25) is 9.59 Å². The lowest BCUT2D eigenvalue weighted by Gasteiger charge is -2.22. The zero-order valence-corrected chi connectivity index (χ0v) is 13.7. The summed E-state index contributed by atoms with van der Waals surface area (Å²) in [5.74, 6) is 0.311. The minimum absolute atomic E-state index is 0.00968. The van der Waals surface area contributed by atoms with Crippen molar-refractivity contribution in [2.75, 3.05) is 14.2 Å². The van der Waals surface area contributed by atoms with E-state index in [-0.39, 0.29) is 18.0 Å². The topological polar surface area (TPSA) is 46.6 Å². The molecule has 0 saturated carbocycles. The smallest absolute Gasteiger partial charge is 0.221 e. The van der Waals surface area contributed by atoms with Crippen LogP contribution in [0.2, 0.25) is 0 Å². The molecule has 0 N–H and O–H groups in total. The first-order chi connectivity index (χ1) is 10.5. The zero-order chi connectivity index (χ0) is 16.3. The van der Waals surface area contributed by atoms with Crippen molar-refractivity contribution < 1.29 is 14.3 Å². The molecule has 2 rings (SSSR count). The van der Waals surface area contributed by atoms with E-state index in [0.29, 0.717) is 12.2 Å². The highest BCUT2D eigenvalue weighted by Crippen LogP contribution is 2.29. The number of aryl methyl sites for hydroxylation is 1. The van der Waals surface area contributed by atoms with E-state index >= 15 is 0 Å². The molecular weight excluding hydrogens is 278 g/mol. The fraction of sp³-hybridized carbons (Fsp3) is 0.444. The first-order valence-corrected chi connectivity index (χ1v) is 7.70. The number of likely N-dealkylation sites (N-methyl/N-ethyl adjacent to an activating group) is 1. The van der Waals surface area contributed by atoms with Crippen LogP contribution in [-0.4, -0.2) is 36.7 Å². The number of allylic oxidation sites excluding steroid dienone is 1. The predicted molar refractivity (Wildman–Crippen MR) is 85.7 cm³/mol. The second-order valence-corrected chi connectivity index (χ2v) is 5.46. The summed E-state index contributed by atoms with van der Waals surface area (Å²) in [6, 6.07) is 7.14. The first kappa shape index (κ1) is 16.3. The molecule has 1 aliphatic heterocycles. The highest BCUT2D eigenvalue weighted by molar-refractivity contribution is 6.06. The van der Waals surface area contributed by atoms with E-state index in [4.69, 9.17) is 4.74 Å². The highest BCUT2D eigenvalue weighted by Gasteiger charge is 2.39. The molecule has 4 heteroatoms. The van der Waals surface area contributed by atoms with Crippen molar-refractivity contribution in [2.45, 2.75) is 39.2 Å². The van der Waals surface area contributed by atoms with E-state index in [9.17, 15) is 9.59 Å². The Morgan fingerprint density at radius 3 is 2.45 bits per heavy atom. The maximum Gasteiger partial charge on any atom is 0.221 e. The number of nitrogens with zero attached hydrogens (tertiary/aromatic N) is 1. The van der Waals surface area contributed by atoms with Gasteiger partial charge in [0.05, 0.1) is 12.8 Å². The molecule has 0 aliphatic carbocycles. The molecule has 1 aromatic rings. The number of Topliss-reactive ketones (excluding diaryl/α,β-unsaturated/α-hetero) is 2. The zero-order valence-electron chi connectivity index (χ0n) is 13.7. The Balaban J connectivity index is 2.22. The fourth-order valence-corrected chi connectivity index (χ4v) is 3.06. The number of hydrogen-bond acceptors (Lipinski definition) is 4. The Hall–Kier alpha value is -2.10. The molecule has 0 radical (unpaired) electrons. The molecule has 1 aromatic carbocycles. The average molecular weight is 301 g/mol. The minimum atomic E-state index is -0.456. The van der Waals surface area contributed by atoms with Crippen LogP contribution in [0.25, 0.3) is 0 Å². The van der Waals surface area contributed by atoms with Crippen LogP contribution in [0.4, 0.5) is 0 Å². The van der Waals surface area contributed by atoms with E-state index in [2.05, 4.69) is 0 Å². The number of carbonyl (C=O) groups excluding carboxylic acids is 2. The van der Waals surface area contributed by atoms with Crippen molar-refractivity contribution in [1.29, 1.82) is 0 Å². The fourth-order valence-electron chi connectivity index (χ4n) is 3.06. The van der Waals surface area contributed by atoms with Gasteiger partial charge in [-0.1, -0.05) is 38.1 Å². The molecular formula is C18H23NO3. The maximum atomic E-state index is 12.6. The summed E-state index contributed by atoms with van der Waals surface area (Å²) >= 11 is 0. The molecule has 1 unspecified atom stereocenters. The largest absolute Gasteiger partial charge is 0.491 e. The van der Waals surface area contributed by atoms with Gasteiger partial charge < -0.3 is 9.64 Å². The number of benzene rings is 1. The van der Waals surface area contributed by atoms with Crippen LogP contribution >= 0.6 is 0 Å². The minimum Gasteiger partial charge on any atom is -0.491 e. The Labute approximate surface area is 131 Å². The van der Waals surface area contributed by atoms with Crippen LogP contribution in [0.15, 0.2) is 35.7 Å². The first-order valence-electron chi connectivity index (χ1n) is 7.70. The van der Waals surface area contributed by atoms with Gasteiger partial charge >= 0.3 is 0 Å². The molecule has 118 valence electrons. The normalized spacial score (nSPS) is 18.1. The number of ketones is 2. The van der Waals surface area contributed by atoms with Crippen LogP contribution in [0.1, 0.15) is 42.6 Å². The van der Waals surface area contributed by atoms with Gasteiger partial charge in [-0.15, -0.1) is 0 Å². The second-order valence-electron chi connectivity index (χ2n) is 5.46. The number of ether oxygens (including phenoxy) is 1. The summed E-state index contributed by atoms with van der Waals surface area (Å²) in [5, 5.41) is 0. The van der Waals surface area contributed by atoms with Gasteiger partial charge in [0, 0.05) is 19.0 Å².